The van der Waals surface area contributed by atoms with E-state index >= 15 is 0 Å². The highest BCUT2D eigenvalue weighted by atomic mass is 35.5. The maximum Gasteiger partial charge on any atom is 0.229 e. The monoisotopic (exact) mass is 291 g/mol. The van der Waals surface area contributed by atoms with E-state index < -0.39 is 9.75 Å². The molecule has 0 aromatic heterocycles. The average molecular weight is 293 g/mol. The van der Waals surface area contributed by atoms with E-state index in [0.717, 1.165) is 5.56 Å². The summed E-state index contributed by atoms with van der Waals surface area (Å²) in [5.41, 5.74) is 0.277. The summed E-state index contributed by atoms with van der Waals surface area (Å²) in [5, 5.41) is 3.47. The number of halogens is 3. The number of carbonyl (C=O) groups is 1. The van der Waals surface area contributed by atoms with Crippen molar-refractivity contribution in [3.63, 3.8) is 0 Å². The lowest BCUT2D eigenvalue weighted by Crippen LogP contribution is -2.32. The Morgan fingerprint density at radius 2 is 2.12 bits per heavy atom. The first-order valence-electron chi connectivity index (χ1n) is 5.26. The Labute approximate surface area is 115 Å². The Balaban J connectivity index is 1.94. The molecular formula is C12H12Cl3NO. The van der Waals surface area contributed by atoms with Crippen molar-refractivity contribution >= 4 is 40.7 Å². The minimum Gasteiger partial charge on any atom is -0.351 e. The summed E-state index contributed by atoms with van der Waals surface area (Å²) in [6.45, 7) is 2.19. The fourth-order valence-electron chi connectivity index (χ4n) is 1.67. The quantitative estimate of drug-likeness (QED) is 0.848. The van der Waals surface area contributed by atoms with Crippen LogP contribution in [0, 0.1) is 5.41 Å². The van der Waals surface area contributed by atoms with Gasteiger partial charge in [-0.05, 0) is 31.0 Å². The molecular weight excluding hydrogens is 280 g/mol. The first kappa shape index (κ1) is 13.0. The molecule has 0 spiro atoms. The number of nitrogens with one attached hydrogen (secondary N) is 1. The van der Waals surface area contributed by atoms with Crippen LogP contribution in [0.15, 0.2) is 24.3 Å². The first-order valence-corrected chi connectivity index (χ1v) is 6.39. The maximum absolute atomic E-state index is 11.9. The Bertz CT molecular complexity index is 461. The largest absolute Gasteiger partial charge is 0.351 e. The summed E-state index contributed by atoms with van der Waals surface area (Å²) in [6, 6.07) is 7.34. The zero-order valence-electron chi connectivity index (χ0n) is 9.27. The molecule has 1 saturated carbocycles. The lowest BCUT2D eigenvalue weighted by molar-refractivity contribution is -0.125. The number of rotatable bonds is 3. The van der Waals surface area contributed by atoms with Gasteiger partial charge in [0, 0.05) is 11.6 Å². The summed E-state index contributed by atoms with van der Waals surface area (Å²) >= 11 is 17.7. The molecule has 1 aliphatic carbocycles. The van der Waals surface area contributed by atoms with Crippen molar-refractivity contribution in [3.8, 4) is 0 Å². The normalized spacial score (nSPS) is 25.4. The van der Waals surface area contributed by atoms with Gasteiger partial charge in [-0.15, -0.1) is 23.2 Å². The molecule has 1 atom stereocenters. The van der Waals surface area contributed by atoms with Gasteiger partial charge in [0.15, 0.2) is 0 Å². The van der Waals surface area contributed by atoms with E-state index in [2.05, 4.69) is 5.32 Å². The van der Waals surface area contributed by atoms with Gasteiger partial charge in [-0.1, -0.05) is 23.7 Å². The predicted molar refractivity (Wildman–Crippen MR) is 70.5 cm³/mol. The standard InChI is InChI=1S/C12H12Cl3NO/c1-11(7-12(11,14)15)10(17)16-6-8-3-2-4-9(13)5-8/h2-5H,6-7H2,1H3,(H,16,17). The topological polar surface area (TPSA) is 29.1 Å². The van der Waals surface area contributed by atoms with Crippen molar-refractivity contribution in [1.29, 1.82) is 0 Å². The van der Waals surface area contributed by atoms with Crippen LogP contribution in [-0.4, -0.2) is 10.2 Å². The molecule has 0 saturated heterocycles. The van der Waals surface area contributed by atoms with Gasteiger partial charge < -0.3 is 5.32 Å². The maximum atomic E-state index is 11.9. The molecule has 0 heterocycles. The third-order valence-electron chi connectivity index (χ3n) is 3.10. The van der Waals surface area contributed by atoms with Crippen LogP contribution < -0.4 is 5.32 Å². The second-order valence-corrected chi connectivity index (χ2v) is 6.45. The van der Waals surface area contributed by atoms with Crippen LogP contribution in [0.3, 0.4) is 0 Å². The zero-order valence-corrected chi connectivity index (χ0v) is 11.5. The van der Waals surface area contributed by atoms with Gasteiger partial charge in [0.25, 0.3) is 0 Å². The van der Waals surface area contributed by atoms with E-state index in [1.807, 2.05) is 18.2 Å². The van der Waals surface area contributed by atoms with Crippen LogP contribution in [0.1, 0.15) is 18.9 Å². The van der Waals surface area contributed by atoms with Gasteiger partial charge in [-0.3, -0.25) is 4.79 Å². The van der Waals surface area contributed by atoms with E-state index in [4.69, 9.17) is 34.8 Å². The van der Waals surface area contributed by atoms with Crippen LogP contribution >= 0.6 is 34.8 Å². The third kappa shape index (κ3) is 2.54. The molecule has 17 heavy (non-hydrogen) atoms. The minimum atomic E-state index is -0.925. The zero-order chi connectivity index (χ0) is 12.7. The Morgan fingerprint density at radius 3 is 2.65 bits per heavy atom. The van der Waals surface area contributed by atoms with Crippen molar-refractivity contribution in [1.82, 2.24) is 5.32 Å². The highest BCUT2D eigenvalue weighted by Crippen LogP contribution is 2.63. The molecule has 5 heteroatoms. The summed E-state index contributed by atoms with van der Waals surface area (Å²) in [4.78, 5) is 11.9. The van der Waals surface area contributed by atoms with Crippen LogP contribution in [0.25, 0.3) is 0 Å². The summed E-state index contributed by atoms with van der Waals surface area (Å²) in [6.07, 6.45) is 0.491. The summed E-state index contributed by atoms with van der Waals surface area (Å²) in [7, 11) is 0. The molecule has 1 aliphatic rings. The van der Waals surface area contributed by atoms with Gasteiger partial charge in [0.05, 0.1) is 5.41 Å². The molecule has 1 aromatic rings. The number of hydrogen-bond acceptors (Lipinski definition) is 1. The number of benzene rings is 1. The van der Waals surface area contributed by atoms with Crippen molar-refractivity contribution in [2.75, 3.05) is 0 Å². The molecule has 2 rings (SSSR count). The smallest absolute Gasteiger partial charge is 0.229 e. The number of alkyl halides is 2. The van der Waals surface area contributed by atoms with Crippen molar-refractivity contribution in [3.05, 3.63) is 34.9 Å². The molecule has 0 aliphatic heterocycles. The molecule has 1 aromatic carbocycles. The minimum absolute atomic E-state index is 0.123. The SMILES string of the molecule is CC1(C(=O)NCc2cccc(Cl)c2)CC1(Cl)Cl. The van der Waals surface area contributed by atoms with Crippen molar-refractivity contribution in [2.45, 2.75) is 24.2 Å². The second kappa shape index (κ2) is 4.34. The van der Waals surface area contributed by atoms with Crippen LogP contribution in [0.5, 0.6) is 0 Å². The first-order chi connectivity index (χ1) is 7.85. The Morgan fingerprint density at radius 1 is 1.47 bits per heavy atom. The van der Waals surface area contributed by atoms with E-state index in [9.17, 15) is 4.79 Å². The molecule has 2 nitrogen and oxygen atoms in total. The van der Waals surface area contributed by atoms with Crippen molar-refractivity contribution < 1.29 is 4.79 Å². The number of carbonyl (C=O) groups excluding carboxylic acids is 1. The predicted octanol–water partition coefficient (Wildman–Crippen LogP) is 3.54. The van der Waals surface area contributed by atoms with E-state index in [1.165, 1.54) is 0 Å². The highest BCUT2D eigenvalue weighted by molar-refractivity contribution is 6.53. The average Bonchev–Trinajstić information content (AvgIpc) is 2.76. The third-order valence-corrected chi connectivity index (χ3v) is 4.44. The van der Waals surface area contributed by atoms with E-state index in [1.54, 1.807) is 13.0 Å². The van der Waals surface area contributed by atoms with Crippen LogP contribution in [0.4, 0.5) is 0 Å². The Kier molecular flexibility index (Phi) is 3.32. The lowest BCUT2D eigenvalue weighted by atomic mass is 10.1. The van der Waals surface area contributed by atoms with Crippen LogP contribution in [0.2, 0.25) is 5.02 Å². The summed E-state index contributed by atoms with van der Waals surface area (Å²) < 4.78 is -0.925. The molecule has 0 radical (unpaired) electrons. The van der Waals surface area contributed by atoms with E-state index in [0.29, 0.717) is 18.0 Å². The molecule has 1 amide bonds. The lowest BCUT2D eigenvalue weighted by Gasteiger charge is -2.12. The number of hydrogen-bond donors (Lipinski definition) is 1. The van der Waals surface area contributed by atoms with Gasteiger partial charge >= 0.3 is 0 Å². The Hall–Kier alpha value is -0.440. The van der Waals surface area contributed by atoms with Gasteiger partial charge in [-0.25, -0.2) is 0 Å². The fraction of sp³-hybridized carbons (Fsp3) is 0.417. The molecule has 1 unspecified atom stereocenters. The van der Waals surface area contributed by atoms with Gasteiger partial charge in [-0.2, -0.15) is 0 Å². The summed E-state index contributed by atoms with van der Waals surface area (Å²) in [5.74, 6) is -0.123. The van der Waals surface area contributed by atoms with Crippen LogP contribution in [-0.2, 0) is 11.3 Å². The molecule has 0 bridgehead atoms. The highest BCUT2D eigenvalue weighted by Gasteiger charge is 2.67. The van der Waals surface area contributed by atoms with Gasteiger partial charge in [0.2, 0.25) is 5.91 Å². The van der Waals surface area contributed by atoms with Crippen molar-refractivity contribution in [2.24, 2.45) is 5.41 Å². The van der Waals surface area contributed by atoms with E-state index in [-0.39, 0.29) is 5.91 Å². The molecule has 1 fully saturated rings. The fourth-order valence-corrected chi connectivity index (χ4v) is 2.59. The second-order valence-electron chi connectivity index (χ2n) is 4.53. The number of amides is 1. The van der Waals surface area contributed by atoms with Gasteiger partial charge in [0.1, 0.15) is 4.33 Å². The molecule has 1 N–H and O–H groups in total. The molecule has 92 valence electrons.